The molecule has 1 aromatic carbocycles. The van der Waals surface area contributed by atoms with Gasteiger partial charge >= 0.3 is 6.36 Å². The standard InChI is InChI=1S/C20H17F3N2O4/c1-11-7-17(27)19(12(2)25-11)15-9-24-18(8-16(15)26)28-10-13-3-5-14(6-4-13)29-20(21,22)23/h3-9H,10H2,1-2H3,(H,24,26)(H,25,27). The summed E-state index contributed by atoms with van der Waals surface area (Å²) in [5.74, 6) is -0.173. The maximum Gasteiger partial charge on any atom is 0.573 e. The van der Waals surface area contributed by atoms with Crippen molar-refractivity contribution < 1.29 is 22.6 Å². The zero-order chi connectivity index (χ0) is 21.2. The van der Waals surface area contributed by atoms with Crippen LogP contribution in [0.2, 0.25) is 0 Å². The van der Waals surface area contributed by atoms with Gasteiger partial charge in [-0.2, -0.15) is 0 Å². The van der Waals surface area contributed by atoms with Crippen LogP contribution in [0, 0.1) is 13.8 Å². The highest BCUT2D eigenvalue weighted by atomic mass is 19.4. The summed E-state index contributed by atoms with van der Waals surface area (Å²) >= 11 is 0. The van der Waals surface area contributed by atoms with E-state index in [-0.39, 0.29) is 34.8 Å². The van der Waals surface area contributed by atoms with Gasteiger partial charge in [0.2, 0.25) is 0 Å². The Morgan fingerprint density at radius 3 is 2.28 bits per heavy atom. The number of alkyl halides is 3. The number of hydrogen-bond donors (Lipinski definition) is 2. The number of nitrogens with one attached hydrogen (secondary N) is 2. The molecule has 6 nitrogen and oxygen atoms in total. The molecule has 0 aliphatic rings. The van der Waals surface area contributed by atoms with Crippen LogP contribution < -0.4 is 20.3 Å². The first kappa shape index (κ1) is 20.2. The molecule has 0 saturated carbocycles. The second kappa shape index (κ2) is 7.86. The SMILES string of the molecule is Cc1cc(=O)c(-c2c[nH]c(OCc3ccc(OC(F)(F)F)cc3)cc2=O)c(C)[nH]1. The lowest BCUT2D eigenvalue weighted by molar-refractivity contribution is -0.274. The Bertz CT molecular complexity index is 1130. The lowest BCUT2D eigenvalue weighted by atomic mass is 10.1. The number of rotatable bonds is 5. The number of halogens is 3. The number of aryl methyl sites for hydroxylation is 2. The Kier molecular flexibility index (Phi) is 5.49. The molecular weight excluding hydrogens is 389 g/mol. The third-order valence-electron chi connectivity index (χ3n) is 4.06. The summed E-state index contributed by atoms with van der Waals surface area (Å²) in [6, 6.07) is 7.81. The van der Waals surface area contributed by atoms with Crippen molar-refractivity contribution in [3.05, 3.63) is 80.0 Å². The van der Waals surface area contributed by atoms with Gasteiger partial charge in [0, 0.05) is 29.7 Å². The number of H-pyrrole nitrogens is 2. The molecule has 0 bridgehead atoms. The first-order chi connectivity index (χ1) is 13.6. The van der Waals surface area contributed by atoms with Crippen LogP contribution >= 0.6 is 0 Å². The van der Waals surface area contributed by atoms with Crippen LogP contribution in [0.1, 0.15) is 17.0 Å². The largest absolute Gasteiger partial charge is 0.573 e. The van der Waals surface area contributed by atoms with E-state index in [1.54, 1.807) is 13.8 Å². The Morgan fingerprint density at radius 2 is 1.69 bits per heavy atom. The minimum atomic E-state index is -4.75. The lowest BCUT2D eigenvalue weighted by Gasteiger charge is -2.10. The van der Waals surface area contributed by atoms with Gasteiger partial charge in [-0.05, 0) is 31.5 Å². The van der Waals surface area contributed by atoms with Gasteiger partial charge in [0.15, 0.2) is 16.7 Å². The van der Waals surface area contributed by atoms with E-state index < -0.39 is 11.8 Å². The maximum atomic E-state index is 12.4. The number of benzene rings is 1. The van der Waals surface area contributed by atoms with E-state index >= 15 is 0 Å². The Balaban J connectivity index is 1.73. The topological polar surface area (TPSA) is 84.2 Å². The Hall–Kier alpha value is -3.49. The molecule has 2 N–H and O–H groups in total. The zero-order valence-electron chi connectivity index (χ0n) is 15.5. The fourth-order valence-corrected chi connectivity index (χ4v) is 2.86. The maximum absolute atomic E-state index is 12.4. The van der Waals surface area contributed by atoms with Gasteiger partial charge in [0.25, 0.3) is 0 Å². The smallest absolute Gasteiger partial charge is 0.474 e. The van der Waals surface area contributed by atoms with E-state index in [0.717, 1.165) is 0 Å². The molecule has 152 valence electrons. The molecule has 0 spiro atoms. The Morgan fingerprint density at radius 1 is 1.00 bits per heavy atom. The summed E-state index contributed by atoms with van der Waals surface area (Å²) in [7, 11) is 0. The van der Waals surface area contributed by atoms with Crippen molar-refractivity contribution in [1.29, 1.82) is 0 Å². The Labute approximate surface area is 162 Å². The summed E-state index contributed by atoms with van der Waals surface area (Å²) in [4.78, 5) is 30.5. The number of hydrogen-bond acceptors (Lipinski definition) is 4. The second-order valence-electron chi connectivity index (χ2n) is 6.37. The molecule has 0 aliphatic carbocycles. The van der Waals surface area contributed by atoms with E-state index in [0.29, 0.717) is 17.0 Å². The number of pyridine rings is 2. The van der Waals surface area contributed by atoms with Crippen LogP contribution in [-0.2, 0) is 6.61 Å². The van der Waals surface area contributed by atoms with Gasteiger partial charge in [-0.25, -0.2) is 0 Å². The van der Waals surface area contributed by atoms with Crippen molar-refractivity contribution in [2.45, 2.75) is 26.8 Å². The van der Waals surface area contributed by atoms with Crippen molar-refractivity contribution >= 4 is 0 Å². The molecule has 29 heavy (non-hydrogen) atoms. The lowest BCUT2D eigenvalue weighted by Crippen LogP contribution is -2.17. The third kappa shape index (κ3) is 5.07. The predicted octanol–water partition coefficient (Wildman–Crippen LogP) is 3.82. The molecule has 0 fully saturated rings. The first-order valence-electron chi connectivity index (χ1n) is 8.53. The third-order valence-corrected chi connectivity index (χ3v) is 4.06. The molecule has 0 aliphatic heterocycles. The first-order valence-corrected chi connectivity index (χ1v) is 8.53. The van der Waals surface area contributed by atoms with E-state index in [1.807, 2.05) is 0 Å². The molecule has 3 aromatic rings. The van der Waals surface area contributed by atoms with Crippen LogP contribution in [0.5, 0.6) is 11.6 Å². The average molecular weight is 406 g/mol. The molecule has 0 unspecified atom stereocenters. The van der Waals surface area contributed by atoms with Gasteiger partial charge in [-0.1, -0.05) is 12.1 Å². The summed E-state index contributed by atoms with van der Waals surface area (Å²) in [5.41, 5.74) is 1.68. The monoisotopic (exact) mass is 406 g/mol. The van der Waals surface area contributed by atoms with Crippen molar-refractivity contribution in [1.82, 2.24) is 9.97 Å². The fourth-order valence-electron chi connectivity index (χ4n) is 2.86. The minimum absolute atomic E-state index is 0.0196. The number of aromatic nitrogens is 2. The van der Waals surface area contributed by atoms with Crippen molar-refractivity contribution in [2.75, 3.05) is 0 Å². The molecule has 3 rings (SSSR count). The fraction of sp³-hybridized carbons (Fsp3) is 0.200. The van der Waals surface area contributed by atoms with Gasteiger partial charge in [-0.3, -0.25) is 9.59 Å². The molecule has 0 saturated heterocycles. The summed E-state index contributed by atoms with van der Waals surface area (Å²) in [6.07, 6.45) is -3.36. The number of ether oxygens (including phenoxy) is 2. The van der Waals surface area contributed by atoms with Gasteiger partial charge in [-0.15, -0.1) is 13.2 Å². The quantitative estimate of drug-likeness (QED) is 0.675. The van der Waals surface area contributed by atoms with E-state index in [1.165, 1.54) is 42.6 Å². The minimum Gasteiger partial charge on any atom is -0.474 e. The molecule has 2 heterocycles. The molecule has 0 amide bonds. The van der Waals surface area contributed by atoms with E-state index in [2.05, 4.69) is 14.7 Å². The van der Waals surface area contributed by atoms with Crippen LogP contribution in [0.4, 0.5) is 13.2 Å². The van der Waals surface area contributed by atoms with E-state index in [9.17, 15) is 22.8 Å². The van der Waals surface area contributed by atoms with Crippen molar-refractivity contribution in [2.24, 2.45) is 0 Å². The molecule has 2 aromatic heterocycles. The normalized spacial score (nSPS) is 11.3. The molecule has 0 radical (unpaired) electrons. The van der Waals surface area contributed by atoms with Gasteiger partial charge < -0.3 is 19.4 Å². The molecular formula is C20H17F3N2O4. The highest BCUT2D eigenvalue weighted by Gasteiger charge is 2.30. The van der Waals surface area contributed by atoms with Gasteiger partial charge in [0.05, 0.1) is 11.1 Å². The highest BCUT2D eigenvalue weighted by molar-refractivity contribution is 5.65. The van der Waals surface area contributed by atoms with Crippen LogP contribution in [0.15, 0.2) is 52.2 Å². The van der Waals surface area contributed by atoms with Crippen LogP contribution in [0.3, 0.4) is 0 Å². The zero-order valence-corrected chi connectivity index (χ0v) is 15.5. The molecule has 9 heteroatoms. The van der Waals surface area contributed by atoms with E-state index in [4.69, 9.17) is 4.74 Å². The van der Waals surface area contributed by atoms with Gasteiger partial charge in [0.1, 0.15) is 12.4 Å². The van der Waals surface area contributed by atoms with Crippen LogP contribution in [0.25, 0.3) is 11.1 Å². The highest BCUT2D eigenvalue weighted by Crippen LogP contribution is 2.23. The average Bonchev–Trinajstić information content (AvgIpc) is 2.60. The summed E-state index contributed by atoms with van der Waals surface area (Å²) in [6.45, 7) is 3.48. The van der Waals surface area contributed by atoms with Crippen molar-refractivity contribution in [3.63, 3.8) is 0 Å². The predicted molar refractivity (Wildman–Crippen MR) is 100 cm³/mol. The van der Waals surface area contributed by atoms with Crippen molar-refractivity contribution in [3.8, 4) is 22.8 Å². The van der Waals surface area contributed by atoms with Crippen LogP contribution in [-0.4, -0.2) is 16.3 Å². The number of aromatic amines is 2. The second-order valence-corrected chi connectivity index (χ2v) is 6.37. The summed E-state index contributed by atoms with van der Waals surface area (Å²) in [5, 5.41) is 0. The molecule has 0 atom stereocenters. The summed E-state index contributed by atoms with van der Waals surface area (Å²) < 4.78 is 45.8.